The van der Waals surface area contributed by atoms with Crippen LogP contribution in [0.1, 0.15) is 30.6 Å². The van der Waals surface area contributed by atoms with Crippen molar-refractivity contribution in [1.82, 2.24) is 4.31 Å². The Morgan fingerprint density at radius 3 is 2.52 bits per heavy atom. The second kappa shape index (κ2) is 6.91. The Balaban J connectivity index is 3.22. The molecule has 21 heavy (non-hydrogen) atoms. The fourth-order valence-corrected chi connectivity index (χ4v) is 3.27. The van der Waals surface area contributed by atoms with Gasteiger partial charge in [0.15, 0.2) is 0 Å². The van der Waals surface area contributed by atoms with E-state index in [1.165, 1.54) is 36.7 Å². The van der Waals surface area contributed by atoms with E-state index in [0.717, 1.165) is 6.42 Å². The first-order chi connectivity index (χ1) is 9.73. The van der Waals surface area contributed by atoms with Gasteiger partial charge in [0.1, 0.15) is 10.6 Å². The van der Waals surface area contributed by atoms with Gasteiger partial charge in [0.25, 0.3) is 0 Å². The summed E-state index contributed by atoms with van der Waals surface area (Å²) in [5.74, 6) is -0.870. The molecule has 1 N–H and O–H groups in total. The fourth-order valence-electron chi connectivity index (χ4n) is 1.85. The van der Waals surface area contributed by atoms with Crippen molar-refractivity contribution in [3.8, 4) is 5.75 Å². The van der Waals surface area contributed by atoms with Crippen LogP contribution in [0.15, 0.2) is 23.1 Å². The normalized spacial score (nSPS) is 13.2. The lowest BCUT2D eigenvalue weighted by molar-refractivity contribution is 0.0696. The van der Waals surface area contributed by atoms with Gasteiger partial charge in [-0.1, -0.05) is 20.3 Å². The Kier molecular flexibility index (Phi) is 5.74. The Morgan fingerprint density at radius 1 is 1.43 bits per heavy atom. The molecule has 0 aliphatic carbocycles. The van der Waals surface area contributed by atoms with Crippen molar-refractivity contribution in [2.45, 2.75) is 25.2 Å². The number of hydrogen-bond acceptors (Lipinski definition) is 4. The van der Waals surface area contributed by atoms with Crippen LogP contribution in [0.25, 0.3) is 0 Å². The summed E-state index contributed by atoms with van der Waals surface area (Å²) in [4.78, 5) is 10.9. The first kappa shape index (κ1) is 17.5. The molecule has 7 heteroatoms. The standard InChI is InChI=1S/C14H21NO5S/c1-5-10(2)9-15(3)21(18,19)13-7-6-11(14(16)17)8-12(13)20-4/h6-8,10H,5,9H2,1-4H3,(H,16,17). The van der Waals surface area contributed by atoms with Crippen LogP contribution in [-0.2, 0) is 10.0 Å². The van der Waals surface area contributed by atoms with Crippen LogP contribution in [0.3, 0.4) is 0 Å². The van der Waals surface area contributed by atoms with Crippen molar-refractivity contribution in [2.24, 2.45) is 5.92 Å². The second-order valence-corrected chi connectivity index (χ2v) is 6.98. The lowest BCUT2D eigenvalue weighted by atomic mass is 10.1. The van der Waals surface area contributed by atoms with E-state index in [-0.39, 0.29) is 22.1 Å². The van der Waals surface area contributed by atoms with Crippen LogP contribution in [-0.4, -0.2) is 44.5 Å². The smallest absolute Gasteiger partial charge is 0.335 e. The number of sulfonamides is 1. The van der Waals surface area contributed by atoms with E-state index in [9.17, 15) is 13.2 Å². The van der Waals surface area contributed by atoms with Crippen molar-refractivity contribution < 1.29 is 23.1 Å². The maximum atomic E-state index is 12.5. The zero-order chi connectivity index (χ0) is 16.2. The number of methoxy groups -OCH3 is 1. The van der Waals surface area contributed by atoms with Gasteiger partial charge in [-0.25, -0.2) is 17.5 Å². The largest absolute Gasteiger partial charge is 0.495 e. The molecule has 0 aromatic heterocycles. The molecule has 118 valence electrons. The number of carboxylic acid groups (broad SMARTS) is 1. The summed E-state index contributed by atoms with van der Waals surface area (Å²) in [5.41, 5.74) is -0.0182. The molecule has 1 atom stereocenters. The fraction of sp³-hybridized carbons (Fsp3) is 0.500. The van der Waals surface area contributed by atoms with Crippen LogP contribution in [0.2, 0.25) is 0 Å². The van der Waals surface area contributed by atoms with Crippen molar-refractivity contribution in [1.29, 1.82) is 0 Å². The van der Waals surface area contributed by atoms with Gasteiger partial charge in [-0.15, -0.1) is 0 Å². The highest BCUT2D eigenvalue weighted by molar-refractivity contribution is 7.89. The van der Waals surface area contributed by atoms with Crippen LogP contribution < -0.4 is 4.74 Å². The number of hydrogen-bond donors (Lipinski definition) is 1. The molecule has 0 heterocycles. The predicted molar refractivity (Wildman–Crippen MR) is 79.2 cm³/mol. The topological polar surface area (TPSA) is 83.9 Å². The van der Waals surface area contributed by atoms with Gasteiger partial charge < -0.3 is 9.84 Å². The monoisotopic (exact) mass is 315 g/mol. The van der Waals surface area contributed by atoms with Crippen molar-refractivity contribution >= 4 is 16.0 Å². The molecular weight excluding hydrogens is 294 g/mol. The Morgan fingerprint density at radius 2 is 2.05 bits per heavy atom. The maximum Gasteiger partial charge on any atom is 0.335 e. The third-order valence-electron chi connectivity index (χ3n) is 3.36. The molecule has 0 radical (unpaired) electrons. The molecule has 1 aromatic rings. The van der Waals surface area contributed by atoms with Crippen molar-refractivity contribution in [3.63, 3.8) is 0 Å². The van der Waals surface area contributed by atoms with Gasteiger partial charge in [-0.3, -0.25) is 0 Å². The molecule has 1 unspecified atom stereocenters. The average Bonchev–Trinajstić information content (AvgIpc) is 2.45. The summed E-state index contributed by atoms with van der Waals surface area (Å²) in [6, 6.07) is 3.74. The minimum atomic E-state index is -3.71. The number of rotatable bonds is 7. The van der Waals surface area contributed by atoms with Crippen LogP contribution in [0.4, 0.5) is 0 Å². The van der Waals surface area contributed by atoms with Gasteiger partial charge >= 0.3 is 5.97 Å². The molecular formula is C14H21NO5S. The van der Waals surface area contributed by atoms with E-state index in [2.05, 4.69) is 0 Å². The third kappa shape index (κ3) is 3.95. The van der Waals surface area contributed by atoms with Gasteiger partial charge in [-0.05, 0) is 24.1 Å². The zero-order valence-electron chi connectivity index (χ0n) is 12.7. The zero-order valence-corrected chi connectivity index (χ0v) is 13.5. The van der Waals surface area contributed by atoms with E-state index in [1.807, 2.05) is 13.8 Å². The number of nitrogens with zero attached hydrogens (tertiary/aromatic N) is 1. The number of carboxylic acids is 1. The number of benzene rings is 1. The van der Waals surface area contributed by atoms with Crippen LogP contribution in [0, 0.1) is 5.92 Å². The minimum absolute atomic E-state index is 0.0182. The molecule has 0 bridgehead atoms. The van der Waals surface area contributed by atoms with Crippen molar-refractivity contribution in [3.05, 3.63) is 23.8 Å². The maximum absolute atomic E-state index is 12.5. The summed E-state index contributed by atoms with van der Waals surface area (Å²) in [6.45, 7) is 4.35. The van der Waals surface area contributed by atoms with Gasteiger partial charge in [0.2, 0.25) is 10.0 Å². The highest BCUT2D eigenvalue weighted by Gasteiger charge is 2.26. The Bertz CT molecular complexity index is 612. The Labute approximate surface area is 125 Å². The van der Waals surface area contributed by atoms with Crippen LogP contribution >= 0.6 is 0 Å². The van der Waals surface area contributed by atoms with E-state index in [4.69, 9.17) is 9.84 Å². The molecule has 0 saturated heterocycles. The summed E-state index contributed by atoms with van der Waals surface area (Å²) in [7, 11) is -0.894. The average molecular weight is 315 g/mol. The second-order valence-electron chi connectivity index (χ2n) is 4.97. The van der Waals surface area contributed by atoms with Gasteiger partial charge in [-0.2, -0.15) is 0 Å². The number of ether oxygens (including phenoxy) is 1. The lowest BCUT2D eigenvalue weighted by Gasteiger charge is -2.21. The van der Waals surface area contributed by atoms with Gasteiger partial charge in [0.05, 0.1) is 12.7 Å². The SMILES string of the molecule is CCC(C)CN(C)S(=O)(=O)c1ccc(C(=O)O)cc1OC. The molecule has 0 aliphatic heterocycles. The number of aromatic carboxylic acids is 1. The van der Waals surface area contributed by atoms with E-state index in [0.29, 0.717) is 6.54 Å². The minimum Gasteiger partial charge on any atom is -0.495 e. The highest BCUT2D eigenvalue weighted by Crippen LogP contribution is 2.28. The van der Waals surface area contributed by atoms with Crippen molar-refractivity contribution in [2.75, 3.05) is 20.7 Å². The van der Waals surface area contributed by atoms with E-state index >= 15 is 0 Å². The molecule has 1 rings (SSSR count). The summed E-state index contributed by atoms with van der Waals surface area (Å²) in [6.07, 6.45) is 0.870. The van der Waals surface area contributed by atoms with E-state index < -0.39 is 16.0 Å². The molecule has 0 fully saturated rings. The summed E-state index contributed by atoms with van der Waals surface area (Å²) in [5, 5.41) is 8.94. The predicted octanol–water partition coefficient (Wildman–Crippen LogP) is 2.06. The molecule has 0 saturated carbocycles. The summed E-state index contributed by atoms with van der Waals surface area (Å²) < 4.78 is 31.4. The number of carbonyl (C=O) groups is 1. The first-order valence-electron chi connectivity index (χ1n) is 6.61. The summed E-state index contributed by atoms with van der Waals surface area (Å²) >= 11 is 0. The first-order valence-corrected chi connectivity index (χ1v) is 8.05. The van der Waals surface area contributed by atoms with Crippen LogP contribution in [0.5, 0.6) is 5.75 Å². The molecule has 6 nitrogen and oxygen atoms in total. The highest BCUT2D eigenvalue weighted by atomic mass is 32.2. The molecule has 0 aliphatic rings. The molecule has 1 aromatic carbocycles. The quantitative estimate of drug-likeness (QED) is 0.832. The third-order valence-corrected chi connectivity index (χ3v) is 5.23. The molecule has 0 amide bonds. The van der Waals surface area contributed by atoms with E-state index in [1.54, 1.807) is 0 Å². The van der Waals surface area contributed by atoms with Gasteiger partial charge in [0, 0.05) is 13.6 Å². The molecule has 0 spiro atoms. The lowest BCUT2D eigenvalue weighted by Crippen LogP contribution is -2.31. The Hall–Kier alpha value is -1.60.